The molecule has 1 aliphatic heterocycles. The van der Waals surface area contributed by atoms with Gasteiger partial charge in [0.1, 0.15) is 11.0 Å². The van der Waals surface area contributed by atoms with Gasteiger partial charge in [0.2, 0.25) is 0 Å². The molecular formula is C12H16ClN3O2. The first-order valence-corrected chi connectivity index (χ1v) is 6.31. The van der Waals surface area contributed by atoms with Gasteiger partial charge in [-0.25, -0.2) is 4.98 Å². The van der Waals surface area contributed by atoms with Gasteiger partial charge in [-0.15, -0.1) is 0 Å². The molecule has 1 aromatic rings. The van der Waals surface area contributed by atoms with Crippen molar-refractivity contribution in [3.63, 3.8) is 0 Å². The van der Waals surface area contributed by atoms with Crippen LogP contribution in [-0.2, 0) is 4.74 Å². The number of halogens is 1. The molecule has 0 aliphatic carbocycles. The van der Waals surface area contributed by atoms with E-state index < -0.39 is 0 Å². The molecule has 1 fully saturated rings. The summed E-state index contributed by atoms with van der Waals surface area (Å²) in [7, 11) is 1.73. The lowest BCUT2D eigenvalue weighted by molar-refractivity contribution is 0.0624. The summed E-state index contributed by atoms with van der Waals surface area (Å²) in [4.78, 5) is 16.1. The lowest BCUT2D eigenvalue weighted by Gasteiger charge is -2.23. The van der Waals surface area contributed by atoms with E-state index in [4.69, 9.17) is 16.3 Å². The summed E-state index contributed by atoms with van der Waals surface area (Å²) < 4.78 is 5.32. The van der Waals surface area contributed by atoms with Crippen LogP contribution < -0.4 is 10.6 Å². The van der Waals surface area contributed by atoms with Crippen molar-refractivity contribution < 1.29 is 9.53 Å². The van der Waals surface area contributed by atoms with Crippen LogP contribution >= 0.6 is 11.6 Å². The maximum absolute atomic E-state index is 12.1. The summed E-state index contributed by atoms with van der Waals surface area (Å²) in [6.07, 6.45) is 1.92. The predicted molar refractivity (Wildman–Crippen MR) is 70.1 cm³/mol. The zero-order valence-electron chi connectivity index (χ0n) is 10.2. The molecule has 2 rings (SSSR count). The third kappa shape index (κ3) is 3.34. The Bertz CT molecular complexity index is 433. The van der Waals surface area contributed by atoms with Crippen LogP contribution in [0.1, 0.15) is 23.2 Å². The van der Waals surface area contributed by atoms with Crippen molar-refractivity contribution >= 4 is 23.3 Å². The van der Waals surface area contributed by atoms with E-state index in [1.807, 2.05) is 0 Å². The fourth-order valence-electron chi connectivity index (χ4n) is 1.88. The summed E-state index contributed by atoms with van der Waals surface area (Å²) in [5.74, 6) is 0.429. The average molecular weight is 270 g/mol. The van der Waals surface area contributed by atoms with Gasteiger partial charge < -0.3 is 15.4 Å². The minimum Gasteiger partial charge on any atom is -0.379 e. The van der Waals surface area contributed by atoms with Crippen molar-refractivity contribution in [3.8, 4) is 0 Å². The molecule has 2 heterocycles. The number of hydrogen-bond acceptors (Lipinski definition) is 4. The molecule has 0 aromatic carbocycles. The molecule has 5 nitrogen and oxygen atoms in total. The highest BCUT2D eigenvalue weighted by Gasteiger charge is 2.17. The summed E-state index contributed by atoms with van der Waals surface area (Å²) in [5, 5.41) is 6.10. The van der Waals surface area contributed by atoms with E-state index in [1.54, 1.807) is 19.2 Å². The van der Waals surface area contributed by atoms with Gasteiger partial charge in [-0.1, -0.05) is 11.6 Å². The molecule has 18 heavy (non-hydrogen) atoms. The highest BCUT2D eigenvalue weighted by Crippen LogP contribution is 2.15. The Morgan fingerprint density at radius 2 is 2.39 bits per heavy atom. The van der Waals surface area contributed by atoms with E-state index in [2.05, 4.69) is 15.6 Å². The van der Waals surface area contributed by atoms with E-state index in [0.717, 1.165) is 19.4 Å². The van der Waals surface area contributed by atoms with E-state index in [-0.39, 0.29) is 11.9 Å². The summed E-state index contributed by atoms with van der Waals surface area (Å²) >= 11 is 5.86. The number of amides is 1. The van der Waals surface area contributed by atoms with Crippen molar-refractivity contribution in [2.24, 2.45) is 0 Å². The molecular weight excluding hydrogens is 254 g/mol. The molecule has 1 aliphatic rings. The van der Waals surface area contributed by atoms with Gasteiger partial charge in [0, 0.05) is 19.2 Å². The first kappa shape index (κ1) is 13.1. The lowest BCUT2D eigenvalue weighted by Crippen LogP contribution is -2.40. The first-order chi connectivity index (χ1) is 8.69. The third-order valence-electron chi connectivity index (χ3n) is 2.81. The Labute approximate surface area is 111 Å². The molecule has 0 bridgehead atoms. The molecule has 1 saturated heterocycles. The van der Waals surface area contributed by atoms with Gasteiger partial charge >= 0.3 is 0 Å². The molecule has 98 valence electrons. The minimum absolute atomic E-state index is 0.0798. The van der Waals surface area contributed by atoms with Gasteiger partial charge in [-0.2, -0.15) is 0 Å². The van der Waals surface area contributed by atoms with Crippen molar-refractivity contribution in [1.82, 2.24) is 10.3 Å². The van der Waals surface area contributed by atoms with Gasteiger partial charge in [0.05, 0.1) is 12.6 Å². The van der Waals surface area contributed by atoms with Crippen LogP contribution in [0.4, 0.5) is 5.82 Å². The number of hydrogen-bond donors (Lipinski definition) is 2. The second-order valence-electron chi connectivity index (χ2n) is 4.20. The van der Waals surface area contributed by atoms with Crippen LogP contribution in [0.5, 0.6) is 0 Å². The lowest BCUT2D eigenvalue weighted by atomic mass is 10.1. The molecule has 2 N–H and O–H groups in total. The Kier molecular flexibility index (Phi) is 4.38. The van der Waals surface area contributed by atoms with E-state index in [0.29, 0.717) is 23.1 Å². The van der Waals surface area contributed by atoms with Crippen LogP contribution in [0.25, 0.3) is 0 Å². The first-order valence-electron chi connectivity index (χ1n) is 5.93. The van der Waals surface area contributed by atoms with Crippen molar-refractivity contribution in [2.75, 3.05) is 25.6 Å². The largest absolute Gasteiger partial charge is 0.379 e. The van der Waals surface area contributed by atoms with E-state index in [1.165, 1.54) is 0 Å². The average Bonchev–Trinajstić information content (AvgIpc) is 2.39. The standard InChI is InChI=1S/C12H16ClN3O2/c1-14-11-6-8(5-10(13)16-11)12(17)15-9-3-2-4-18-7-9/h5-6,9H,2-4,7H2,1H3,(H,14,16)(H,15,17). The van der Waals surface area contributed by atoms with Crippen LogP contribution in [-0.4, -0.2) is 37.2 Å². The molecule has 0 saturated carbocycles. The number of rotatable bonds is 3. The number of carbonyl (C=O) groups is 1. The van der Waals surface area contributed by atoms with Gasteiger partial charge in [-0.05, 0) is 25.0 Å². The molecule has 0 spiro atoms. The molecule has 1 aromatic heterocycles. The fourth-order valence-corrected chi connectivity index (χ4v) is 2.09. The van der Waals surface area contributed by atoms with Crippen LogP contribution in [0, 0.1) is 0 Å². The SMILES string of the molecule is CNc1cc(C(=O)NC2CCCOC2)cc(Cl)n1. The van der Waals surface area contributed by atoms with Gasteiger partial charge in [0.15, 0.2) is 0 Å². The second-order valence-corrected chi connectivity index (χ2v) is 4.59. The van der Waals surface area contributed by atoms with Crippen molar-refractivity contribution in [3.05, 3.63) is 22.8 Å². The predicted octanol–water partition coefficient (Wildman–Crippen LogP) is 1.69. The molecule has 6 heteroatoms. The molecule has 1 amide bonds. The van der Waals surface area contributed by atoms with Gasteiger partial charge in [-0.3, -0.25) is 4.79 Å². The number of carbonyl (C=O) groups excluding carboxylic acids is 1. The Balaban J connectivity index is 2.05. The summed E-state index contributed by atoms with van der Waals surface area (Å²) in [6, 6.07) is 3.31. The van der Waals surface area contributed by atoms with E-state index in [9.17, 15) is 4.79 Å². The Hall–Kier alpha value is -1.33. The Morgan fingerprint density at radius 3 is 3.06 bits per heavy atom. The summed E-state index contributed by atoms with van der Waals surface area (Å²) in [5.41, 5.74) is 0.505. The molecule has 0 radical (unpaired) electrons. The number of nitrogens with zero attached hydrogens (tertiary/aromatic N) is 1. The number of ether oxygens (including phenoxy) is 1. The normalized spacial score (nSPS) is 19.3. The highest BCUT2D eigenvalue weighted by molar-refractivity contribution is 6.29. The monoisotopic (exact) mass is 269 g/mol. The van der Waals surface area contributed by atoms with E-state index >= 15 is 0 Å². The number of pyridine rings is 1. The maximum Gasteiger partial charge on any atom is 0.251 e. The van der Waals surface area contributed by atoms with Crippen molar-refractivity contribution in [2.45, 2.75) is 18.9 Å². The molecule has 1 atom stereocenters. The Morgan fingerprint density at radius 1 is 1.56 bits per heavy atom. The third-order valence-corrected chi connectivity index (χ3v) is 3.00. The van der Waals surface area contributed by atoms with Crippen LogP contribution in [0.3, 0.4) is 0 Å². The number of aromatic nitrogens is 1. The summed E-state index contributed by atoms with van der Waals surface area (Å²) in [6.45, 7) is 1.35. The smallest absolute Gasteiger partial charge is 0.251 e. The number of nitrogens with one attached hydrogen (secondary N) is 2. The van der Waals surface area contributed by atoms with Gasteiger partial charge in [0.25, 0.3) is 5.91 Å². The van der Waals surface area contributed by atoms with Crippen molar-refractivity contribution in [1.29, 1.82) is 0 Å². The fraction of sp³-hybridized carbons (Fsp3) is 0.500. The quantitative estimate of drug-likeness (QED) is 0.820. The topological polar surface area (TPSA) is 63.2 Å². The van der Waals surface area contributed by atoms with Crippen LogP contribution in [0.2, 0.25) is 5.15 Å². The molecule has 1 unspecified atom stereocenters. The zero-order chi connectivity index (χ0) is 13.0. The highest BCUT2D eigenvalue weighted by atomic mass is 35.5. The minimum atomic E-state index is -0.147. The maximum atomic E-state index is 12.1. The second kappa shape index (κ2) is 6.02. The number of anilines is 1. The van der Waals surface area contributed by atoms with Crippen LogP contribution in [0.15, 0.2) is 12.1 Å². The zero-order valence-corrected chi connectivity index (χ0v) is 11.0.